The van der Waals surface area contributed by atoms with Gasteiger partial charge in [-0.3, -0.25) is 4.90 Å². The van der Waals surface area contributed by atoms with Crippen molar-refractivity contribution in [3.05, 3.63) is 29.3 Å². The normalized spacial score (nSPS) is 15.7. The summed E-state index contributed by atoms with van der Waals surface area (Å²) >= 11 is 0. The van der Waals surface area contributed by atoms with Crippen LogP contribution >= 0.6 is 0 Å². The average Bonchev–Trinajstić information content (AvgIpc) is 3.07. The number of aliphatic hydroxyl groups excluding tert-OH is 1. The first-order valence-electron chi connectivity index (χ1n) is 5.84. The van der Waals surface area contributed by atoms with Gasteiger partial charge in [0.15, 0.2) is 0 Å². The molecule has 0 unspecified atom stereocenters. The Morgan fingerprint density at radius 2 is 2.12 bits per heavy atom. The van der Waals surface area contributed by atoms with Gasteiger partial charge in [0.1, 0.15) is 5.75 Å². The molecule has 0 saturated heterocycles. The summed E-state index contributed by atoms with van der Waals surface area (Å²) in [7, 11) is 0. The van der Waals surface area contributed by atoms with E-state index in [0.29, 0.717) is 18.3 Å². The van der Waals surface area contributed by atoms with Crippen molar-refractivity contribution in [2.45, 2.75) is 32.4 Å². The topological polar surface area (TPSA) is 43.7 Å². The minimum Gasteiger partial charge on any atom is -0.507 e. The summed E-state index contributed by atoms with van der Waals surface area (Å²) in [4.78, 5) is 2.24. The summed E-state index contributed by atoms with van der Waals surface area (Å²) in [5, 5.41) is 18.9. The molecule has 0 radical (unpaired) electrons. The zero-order chi connectivity index (χ0) is 11.5. The van der Waals surface area contributed by atoms with E-state index < -0.39 is 0 Å². The first-order chi connectivity index (χ1) is 7.72. The van der Waals surface area contributed by atoms with Crippen LogP contribution < -0.4 is 0 Å². The Morgan fingerprint density at radius 1 is 1.38 bits per heavy atom. The molecule has 1 saturated carbocycles. The van der Waals surface area contributed by atoms with Gasteiger partial charge in [-0.05, 0) is 25.3 Å². The standard InChI is InChI=1S/C13H19NO2/c1-10-3-2-4-11(13(10)16)9-14(7-8-15)12-5-6-12/h2-4,12,15-16H,5-9H2,1H3. The number of hydrogen-bond donors (Lipinski definition) is 2. The van der Waals surface area contributed by atoms with Gasteiger partial charge < -0.3 is 10.2 Å². The monoisotopic (exact) mass is 221 g/mol. The van der Waals surface area contributed by atoms with E-state index in [0.717, 1.165) is 17.7 Å². The highest BCUT2D eigenvalue weighted by molar-refractivity contribution is 5.39. The molecule has 0 atom stereocenters. The van der Waals surface area contributed by atoms with Crippen molar-refractivity contribution in [2.24, 2.45) is 0 Å². The van der Waals surface area contributed by atoms with E-state index in [9.17, 15) is 5.11 Å². The minimum absolute atomic E-state index is 0.184. The van der Waals surface area contributed by atoms with Gasteiger partial charge in [0.2, 0.25) is 0 Å². The zero-order valence-corrected chi connectivity index (χ0v) is 9.69. The molecule has 1 fully saturated rings. The molecular weight excluding hydrogens is 202 g/mol. The SMILES string of the molecule is Cc1cccc(CN(CCO)C2CC2)c1O. The van der Waals surface area contributed by atoms with Gasteiger partial charge in [0.25, 0.3) is 0 Å². The Hall–Kier alpha value is -1.06. The number of para-hydroxylation sites is 1. The third-order valence-electron chi connectivity index (χ3n) is 3.15. The van der Waals surface area contributed by atoms with E-state index in [1.54, 1.807) is 0 Å². The van der Waals surface area contributed by atoms with Crippen LogP contribution in [0.2, 0.25) is 0 Å². The van der Waals surface area contributed by atoms with Crippen molar-refractivity contribution in [3.8, 4) is 5.75 Å². The molecule has 88 valence electrons. The van der Waals surface area contributed by atoms with Crippen LogP contribution in [-0.2, 0) is 6.54 Å². The molecule has 1 aromatic carbocycles. The smallest absolute Gasteiger partial charge is 0.122 e. The van der Waals surface area contributed by atoms with Crippen LogP contribution in [0.15, 0.2) is 18.2 Å². The number of hydrogen-bond acceptors (Lipinski definition) is 3. The molecule has 0 spiro atoms. The van der Waals surface area contributed by atoms with Gasteiger partial charge in [-0.2, -0.15) is 0 Å². The molecule has 0 aromatic heterocycles. The van der Waals surface area contributed by atoms with Crippen molar-refractivity contribution < 1.29 is 10.2 Å². The first kappa shape index (κ1) is 11.4. The Bertz CT molecular complexity index is 361. The highest BCUT2D eigenvalue weighted by atomic mass is 16.3. The van der Waals surface area contributed by atoms with Crippen molar-refractivity contribution in [3.63, 3.8) is 0 Å². The van der Waals surface area contributed by atoms with Crippen LogP contribution in [0.25, 0.3) is 0 Å². The molecule has 0 bridgehead atoms. The fourth-order valence-electron chi connectivity index (χ4n) is 2.02. The number of phenolic OH excluding ortho intramolecular Hbond substituents is 1. The minimum atomic E-state index is 0.184. The summed E-state index contributed by atoms with van der Waals surface area (Å²) in [6.07, 6.45) is 2.43. The molecule has 16 heavy (non-hydrogen) atoms. The van der Waals surface area contributed by atoms with Gasteiger partial charge in [-0.25, -0.2) is 0 Å². The molecular formula is C13H19NO2. The predicted octanol–water partition coefficient (Wildman–Crippen LogP) is 1.66. The fourth-order valence-corrected chi connectivity index (χ4v) is 2.02. The van der Waals surface area contributed by atoms with E-state index in [1.165, 1.54) is 12.8 Å². The van der Waals surface area contributed by atoms with E-state index in [4.69, 9.17) is 5.11 Å². The molecule has 0 aliphatic heterocycles. The van der Waals surface area contributed by atoms with E-state index in [-0.39, 0.29) is 6.61 Å². The van der Waals surface area contributed by atoms with Crippen LogP contribution in [0.1, 0.15) is 24.0 Å². The summed E-state index contributed by atoms with van der Waals surface area (Å²) in [5.41, 5.74) is 1.87. The van der Waals surface area contributed by atoms with Crippen LogP contribution in [-0.4, -0.2) is 34.3 Å². The van der Waals surface area contributed by atoms with Crippen LogP contribution in [0.4, 0.5) is 0 Å². The van der Waals surface area contributed by atoms with Crippen molar-refractivity contribution in [1.29, 1.82) is 0 Å². The summed E-state index contributed by atoms with van der Waals surface area (Å²) in [5.74, 6) is 0.395. The molecule has 2 N–H and O–H groups in total. The predicted molar refractivity (Wildman–Crippen MR) is 63.4 cm³/mol. The van der Waals surface area contributed by atoms with Crippen LogP contribution in [0.5, 0.6) is 5.75 Å². The van der Waals surface area contributed by atoms with Gasteiger partial charge in [-0.1, -0.05) is 18.2 Å². The molecule has 1 aromatic rings. The number of aryl methyl sites for hydroxylation is 1. The van der Waals surface area contributed by atoms with Gasteiger partial charge in [0, 0.05) is 24.7 Å². The number of aliphatic hydroxyl groups is 1. The zero-order valence-electron chi connectivity index (χ0n) is 9.69. The summed E-state index contributed by atoms with van der Waals surface area (Å²) in [6.45, 7) is 3.52. The van der Waals surface area contributed by atoms with E-state index in [2.05, 4.69) is 4.90 Å². The Balaban J connectivity index is 2.08. The van der Waals surface area contributed by atoms with Gasteiger partial charge >= 0.3 is 0 Å². The molecule has 3 heteroatoms. The van der Waals surface area contributed by atoms with Crippen LogP contribution in [0, 0.1) is 6.92 Å². The molecule has 1 aliphatic rings. The Morgan fingerprint density at radius 3 is 2.75 bits per heavy atom. The average molecular weight is 221 g/mol. The molecule has 0 amide bonds. The second kappa shape index (κ2) is 4.85. The second-order valence-electron chi connectivity index (χ2n) is 4.51. The second-order valence-corrected chi connectivity index (χ2v) is 4.51. The van der Waals surface area contributed by atoms with E-state index in [1.807, 2.05) is 25.1 Å². The molecule has 1 aliphatic carbocycles. The van der Waals surface area contributed by atoms with Crippen molar-refractivity contribution >= 4 is 0 Å². The molecule has 3 nitrogen and oxygen atoms in total. The quantitative estimate of drug-likeness (QED) is 0.794. The lowest BCUT2D eigenvalue weighted by molar-refractivity contribution is 0.182. The highest BCUT2D eigenvalue weighted by Crippen LogP contribution is 2.30. The van der Waals surface area contributed by atoms with Gasteiger partial charge in [0.05, 0.1) is 6.61 Å². The largest absolute Gasteiger partial charge is 0.507 e. The Labute approximate surface area is 96.3 Å². The van der Waals surface area contributed by atoms with Crippen molar-refractivity contribution in [1.82, 2.24) is 4.90 Å². The summed E-state index contributed by atoms with van der Waals surface area (Å²) < 4.78 is 0. The maximum Gasteiger partial charge on any atom is 0.122 e. The first-order valence-corrected chi connectivity index (χ1v) is 5.84. The lowest BCUT2D eigenvalue weighted by Crippen LogP contribution is -2.28. The van der Waals surface area contributed by atoms with Gasteiger partial charge in [-0.15, -0.1) is 0 Å². The third-order valence-corrected chi connectivity index (χ3v) is 3.15. The lowest BCUT2D eigenvalue weighted by atomic mass is 10.1. The third kappa shape index (κ3) is 2.54. The van der Waals surface area contributed by atoms with E-state index >= 15 is 0 Å². The summed E-state index contributed by atoms with van der Waals surface area (Å²) in [6, 6.07) is 6.43. The van der Waals surface area contributed by atoms with Crippen molar-refractivity contribution in [2.75, 3.05) is 13.2 Å². The maximum atomic E-state index is 9.93. The number of aromatic hydroxyl groups is 1. The molecule has 0 heterocycles. The highest BCUT2D eigenvalue weighted by Gasteiger charge is 2.28. The Kier molecular flexibility index (Phi) is 3.46. The fraction of sp³-hybridized carbons (Fsp3) is 0.538. The number of nitrogens with zero attached hydrogens (tertiary/aromatic N) is 1. The maximum absolute atomic E-state index is 9.93. The van der Waals surface area contributed by atoms with Crippen LogP contribution in [0.3, 0.4) is 0 Å². The molecule has 2 rings (SSSR count). The lowest BCUT2D eigenvalue weighted by Gasteiger charge is -2.21. The number of rotatable bonds is 5. The number of phenols is 1. The number of benzene rings is 1.